The average Bonchev–Trinajstić information content (AvgIpc) is 2.49. The molecule has 0 aromatic carbocycles. The Bertz CT molecular complexity index is 736. The van der Waals surface area contributed by atoms with Crippen LogP contribution in [0.3, 0.4) is 0 Å². The van der Waals surface area contributed by atoms with E-state index < -0.39 is 41.6 Å². The predicted octanol–water partition coefficient (Wildman–Crippen LogP) is 0.0174. The maximum absolute atomic E-state index is 12.0. The largest absolute Gasteiger partial charge is 0.463 e. The molecule has 1 aliphatic rings. The number of hydrogen-bond donors (Lipinski definition) is 1. The second-order valence-electron chi connectivity index (χ2n) is 5.64. The van der Waals surface area contributed by atoms with E-state index in [0.29, 0.717) is 18.4 Å². The van der Waals surface area contributed by atoms with E-state index in [2.05, 4.69) is 4.98 Å². The molecule has 1 aromatic heterocycles. The lowest BCUT2D eigenvalue weighted by Crippen LogP contribution is -2.45. The molecule has 0 spiro atoms. The minimum atomic E-state index is -0.698. The maximum Gasteiger partial charge on any atom is 0.330 e. The molecular formula is C15H20N2O7. The summed E-state index contributed by atoms with van der Waals surface area (Å²) in [6, 6.07) is 0. The Morgan fingerprint density at radius 1 is 1.29 bits per heavy atom. The minimum absolute atomic E-state index is 0.0964. The third-order valence-electron chi connectivity index (χ3n) is 3.67. The molecule has 1 aromatic rings. The zero-order valence-electron chi connectivity index (χ0n) is 13.7. The van der Waals surface area contributed by atoms with Crippen LogP contribution in [-0.4, -0.2) is 40.3 Å². The Morgan fingerprint density at radius 2 is 2.00 bits per heavy atom. The lowest BCUT2D eigenvalue weighted by atomic mass is 10.0. The molecule has 1 fully saturated rings. The summed E-state index contributed by atoms with van der Waals surface area (Å²) in [6.07, 6.45) is 0.329. The van der Waals surface area contributed by atoms with Gasteiger partial charge in [-0.05, 0) is 19.8 Å². The van der Waals surface area contributed by atoms with Crippen molar-refractivity contribution < 1.29 is 23.8 Å². The van der Waals surface area contributed by atoms with Crippen molar-refractivity contribution in [1.82, 2.24) is 9.55 Å². The molecule has 24 heavy (non-hydrogen) atoms. The summed E-state index contributed by atoms with van der Waals surface area (Å²) in [6.45, 7) is 4.03. The highest BCUT2D eigenvalue weighted by molar-refractivity contribution is 5.66. The molecule has 0 unspecified atom stereocenters. The van der Waals surface area contributed by atoms with Gasteiger partial charge in [-0.1, -0.05) is 0 Å². The molecule has 0 aliphatic carbocycles. The molecule has 132 valence electrons. The van der Waals surface area contributed by atoms with Crippen molar-refractivity contribution in [2.24, 2.45) is 0 Å². The number of hydrogen-bond acceptors (Lipinski definition) is 7. The van der Waals surface area contributed by atoms with Crippen molar-refractivity contribution in [1.29, 1.82) is 0 Å². The van der Waals surface area contributed by atoms with E-state index in [0.717, 1.165) is 0 Å². The number of carbonyl (C=O) groups is 2. The molecule has 0 saturated carbocycles. The van der Waals surface area contributed by atoms with E-state index in [9.17, 15) is 19.2 Å². The SMILES string of the molecule is CC(=O)OC[C@@H]1O[C@@H](n2cc(C)c(=O)[nH]c2=O)CC[C@H]1OC(C)=O. The van der Waals surface area contributed by atoms with Crippen LogP contribution in [0.25, 0.3) is 0 Å². The van der Waals surface area contributed by atoms with Crippen LogP contribution in [0.5, 0.6) is 0 Å². The number of ether oxygens (including phenoxy) is 3. The molecule has 1 saturated heterocycles. The molecule has 9 heteroatoms. The molecule has 0 radical (unpaired) electrons. The fourth-order valence-electron chi connectivity index (χ4n) is 2.55. The van der Waals surface area contributed by atoms with Gasteiger partial charge in [0.2, 0.25) is 0 Å². The van der Waals surface area contributed by atoms with Crippen LogP contribution in [0.2, 0.25) is 0 Å². The minimum Gasteiger partial charge on any atom is -0.463 e. The number of esters is 2. The second kappa shape index (κ2) is 7.43. The smallest absolute Gasteiger partial charge is 0.330 e. The van der Waals surface area contributed by atoms with Crippen LogP contribution in [0.1, 0.15) is 38.5 Å². The van der Waals surface area contributed by atoms with Crippen molar-refractivity contribution in [2.45, 2.75) is 52.0 Å². The van der Waals surface area contributed by atoms with Gasteiger partial charge in [0.1, 0.15) is 25.0 Å². The van der Waals surface area contributed by atoms with E-state index >= 15 is 0 Å². The maximum atomic E-state index is 12.0. The Balaban J connectivity index is 2.21. The Kier molecular flexibility index (Phi) is 5.55. The third kappa shape index (κ3) is 4.31. The molecule has 2 rings (SSSR count). The molecule has 3 atom stereocenters. The highest BCUT2D eigenvalue weighted by Crippen LogP contribution is 2.28. The summed E-state index contributed by atoms with van der Waals surface area (Å²) in [5.41, 5.74) is -0.675. The van der Waals surface area contributed by atoms with Crippen molar-refractivity contribution in [3.63, 3.8) is 0 Å². The van der Waals surface area contributed by atoms with Crippen molar-refractivity contribution in [3.05, 3.63) is 32.6 Å². The first-order valence-corrected chi connectivity index (χ1v) is 7.56. The van der Waals surface area contributed by atoms with E-state index in [1.807, 2.05) is 0 Å². The summed E-state index contributed by atoms with van der Waals surface area (Å²) in [4.78, 5) is 47.9. The molecule has 1 aliphatic heterocycles. The van der Waals surface area contributed by atoms with E-state index in [1.54, 1.807) is 6.92 Å². The highest BCUT2D eigenvalue weighted by Gasteiger charge is 2.35. The summed E-state index contributed by atoms with van der Waals surface area (Å²) in [5, 5.41) is 0. The van der Waals surface area contributed by atoms with Gasteiger partial charge in [-0.3, -0.25) is 23.9 Å². The summed E-state index contributed by atoms with van der Waals surface area (Å²) < 4.78 is 17.2. The van der Waals surface area contributed by atoms with Crippen LogP contribution in [-0.2, 0) is 23.8 Å². The zero-order valence-corrected chi connectivity index (χ0v) is 13.7. The number of aromatic amines is 1. The quantitative estimate of drug-likeness (QED) is 0.768. The molecule has 9 nitrogen and oxygen atoms in total. The fraction of sp³-hybridized carbons (Fsp3) is 0.600. The monoisotopic (exact) mass is 340 g/mol. The van der Waals surface area contributed by atoms with Gasteiger partial charge in [-0.25, -0.2) is 4.79 Å². The lowest BCUT2D eigenvalue weighted by Gasteiger charge is -2.36. The van der Waals surface area contributed by atoms with Gasteiger partial charge in [0.25, 0.3) is 5.56 Å². The predicted molar refractivity (Wildman–Crippen MR) is 81.4 cm³/mol. The summed E-state index contributed by atoms with van der Waals surface area (Å²) >= 11 is 0. The fourth-order valence-corrected chi connectivity index (χ4v) is 2.55. The molecular weight excluding hydrogens is 320 g/mol. The van der Waals surface area contributed by atoms with Crippen molar-refractivity contribution in [3.8, 4) is 0 Å². The molecule has 2 heterocycles. The van der Waals surface area contributed by atoms with E-state index in [-0.39, 0.29) is 6.61 Å². The molecule has 0 bridgehead atoms. The Morgan fingerprint density at radius 3 is 2.62 bits per heavy atom. The highest BCUT2D eigenvalue weighted by atomic mass is 16.6. The van der Waals surface area contributed by atoms with E-state index in [1.165, 1.54) is 24.6 Å². The number of nitrogens with zero attached hydrogens (tertiary/aromatic N) is 1. The van der Waals surface area contributed by atoms with Gasteiger partial charge in [0, 0.05) is 25.6 Å². The summed E-state index contributed by atoms with van der Waals surface area (Å²) in [7, 11) is 0. The number of aryl methyl sites for hydroxylation is 1. The van der Waals surface area contributed by atoms with Gasteiger partial charge in [0.05, 0.1) is 0 Å². The van der Waals surface area contributed by atoms with Crippen LogP contribution >= 0.6 is 0 Å². The molecule has 0 amide bonds. The normalized spacial score (nSPS) is 23.5. The van der Waals surface area contributed by atoms with Crippen molar-refractivity contribution >= 4 is 11.9 Å². The van der Waals surface area contributed by atoms with Gasteiger partial charge in [-0.15, -0.1) is 0 Å². The zero-order chi connectivity index (χ0) is 17.9. The topological polar surface area (TPSA) is 117 Å². The number of carbonyl (C=O) groups excluding carboxylic acids is 2. The summed E-state index contributed by atoms with van der Waals surface area (Å²) in [5.74, 6) is -0.953. The third-order valence-corrected chi connectivity index (χ3v) is 3.67. The van der Waals surface area contributed by atoms with Crippen LogP contribution in [0, 0.1) is 6.92 Å². The lowest BCUT2D eigenvalue weighted by molar-refractivity contribution is -0.192. The number of rotatable bonds is 4. The van der Waals surface area contributed by atoms with Crippen LogP contribution in [0.15, 0.2) is 15.8 Å². The van der Waals surface area contributed by atoms with Gasteiger partial charge < -0.3 is 14.2 Å². The average molecular weight is 340 g/mol. The van der Waals surface area contributed by atoms with E-state index in [4.69, 9.17) is 14.2 Å². The first-order chi connectivity index (χ1) is 11.3. The number of H-pyrrole nitrogens is 1. The van der Waals surface area contributed by atoms with Crippen LogP contribution < -0.4 is 11.2 Å². The molecule has 1 N–H and O–H groups in total. The Labute approximate surface area is 137 Å². The van der Waals surface area contributed by atoms with Gasteiger partial charge in [0.15, 0.2) is 0 Å². The second-order valence-corrected chi connectivity index (χ2v) is 5.64. The van der Waals surface area contributed by atoms with Gasteiger partial charge >= 0.3 is 17.6 Å². The standard InChI is InChI=1S/C15H20N2O7/c1-8-6-17(15(21)16-14(8)20)13-5-4-11(23-10(3)19)12(24-13)7-22-9(2)18/h6,11-13H,4-5,7H2,1-3H3,(H,16,20,21)/t11-,12+,13-/m1/s1. The van der Waals surface area contributed by atoms with Crippen LogP contribution in [0.4, 0.5) is 0 Å². The first-order valence-electron chi connectivity index (χ1n) is 7.56. The number of aromatic nitrogens is 2. The number of nitrogens with one attached hydrogen (secondary N) is 1. The van der Waals surface area contributed by atoms with Gasteiger partial charge in [-0.2, -0.15) is 0 Å². The van der Waals surface area contributed by atoms with Crippen molar-refractivity contribution in [2.75, 3.05) is 6.61 Å². The Hall–Kier alpha value is -2.42. The first kappa shape index (κ1) is 17.9.